The number of hydrazone groups is 1. The van der Waals surface area contributed by atoms with Gasteiger partial charge >= 0.3 is 18.0 Å². The van der Waals surface area contributed by atoms with Crippen LogP contribution in [0.3, 0.4) is 0 Å². The Morgan fingerprint density at radius 3 is 2.65 bits per heavy atom. The molecule has 1 aromatic heterocycles. The number of halogens is 1. The van der Waals surface area contributed by atoms with Crippen LogP contribution in [0, 0.1) is 0 Å². The quantitative estimate of drug-likeness (QED) is 0.0873. The Morgan fingerprint density at radius 2 is 1.95 bits per heavy atom. The zero-order valence-corrected chi connectivity index (χ0v) is 24.1. The van der Waals surface area contributed by atoms with Crippen molar-refractivity contribution in [3.05, 3.63) is 81.7 Å². The highest BCUT2D eigenvalue weighted by atomic mass is 35.5. The summed E-state index contributed by atoms with van der Waals surface area (Å²) in [6.07, 6.45) is 0.143. The number of carbonyl (C=O) groups excluding carboxylic acids is 2. The van der Waals surface area contributed by atoms with Crippen LogP contribution in [-0.2, 0) is 9.53 Å². The molecule has 3 aromatic rings. The van der Waals surface area contributed by atoms with Crippen LogP contribution in [-0.4, -0.2) is 60.9 Å². The molecule has 0 unspecified atom stereocenters. The van der Waals surface area contributed by atoms with Gasteiger partial charge in [0.05, 0.1) is 42.1 Å². The largest absolute Gasteiger partial charge is 0.490 e. The number of aliphatic hydroxyl groups is 1. The lowest BCUT2D eigenvalue weighted by Crippen LogP contribution is -2.45. The average molecular weight is 613 g/mol. The molecule has 0 spiro atoms. The molecule has 2 aromatic carbocycles. The van der Waals surface area contributed by atoms with Crippen LogP contribution in [0.2, 0.25) is 5.02 Å². The molecule has 0 bridgehead atoms. The first-order valence-corrected chi connectivity index (χ1v) is 13.3. The van der Waals surface area contributed by atoms with Crippen LogP contribution in [0.4, 0.5) is 4.79 Å². The predicted molar refractivity (Wildman–Crippen MR) is 155 cm³/mol. The number of urea groups is 1. The van der Waals surface area contributed by atoms with E-state index in [9.17, 15) is 19.5 Å². The molecular formula is C29H29ClN4O9. The molecule has 43 heavy (non-hydrogen) atoms. The summed E-state index contributed by atoms with van der Waals surface area (Å²) >= 11 is 6.03. The minimum atomic E-state index is -1.21. The number of carboxylic acids is 1. The van der Waals surface area contributed by atoms with Crippen molar-refractivity contribution >= 4 is 35.8 Å². The molecule has 2 amide bonds. The lowest BCUT2D eigenvalue weighted by Gasteiger charge is -2.28. The van der Waals surface area contributed by atoms with Crippen molar-refractivity contribution in [1.82, 2.24) is 16.1 Å². The Bertz CT molecular complexity index is 1580. The van der Waals surface area contributed by atoms with Gasteiger partial charge in [-0.3, -0.25) is 5.43 Å². The number of aromatic carboxylic acids is 1. The minimum Gasteiger partial charge on any atom is -0.490 e. The molecule has 13 nitrogen and oxygen atoms in total. The molecular weight excluding hydrogens is 584 g/mol. The molecule has 5 N–H and O–H groups in total. The average Bonchev–Trinajstić information content (AvgIpc) is 3.44. The highest BCUT2D eigenvalue weighted by molar-refractivity contribution is 6.33. The highest BCUT2D eigenvalue weighted by Crippen LogP contribution is 2.35. The number of ether oxygens (including phenoxy) is 3. The second-order valence-corrected chi connectivity index (χ2v) is 9.52. The maximum Gasteiger partial charge on any atom is 0.337 e. The van der Waals surface area contributed by atoms with E-state index in [1.54, 1.807) is 50.2 Å². The number of aliphatic hydroxyl groups excluding tert-OH is 1. The molecule has 0 fully saturated rings. The van der Waals surface area contributed by atoms with Crippen LogP contribution in [0.5, 0.6) is 11.5 Å². The molecule has 0 radical (unpaired) electrons. The predicted octanol–water partition coefficient (Wildman–Crippen LogP) is 3.82. The Hall–Kier alpha value is -5.01. The van der Waals surface area contributed by atoms with E-state index in [0.717, 1.165) is 0 Å². The third-order valence-corrected chi connectivity index (χ3v) is 6.51. The van der Waals surface area contributed by atoms with Gasteiger partial charge in [-0.25, -0.2) is 14.4 Å². The molecule has 4 rings (SSSR count). The van der Waals surface area contributed by atoms with Crippen molar-refractivity contribution in [1.29, 1.82) is 0 Å². The van der Waals surface area contributed by atoms with Crippen LogP contribution < -0.4 is 25.5 Å². The molecule has 0 saturated carbocycles. The summed E-state index contributed by atoms with van der Waals surface area (Å²) in [5.41, 5.74) is 4.28. The summed E-state index contributed by atoms with van der Waals surface area (Å²) in [5.74, 6) is -0.248. The third-order valence-electron chi connectivity index (χ3n) is 6.20. The van der Waals surface area contributed by atoms with Crippen LogP contribution in [0.1, 0.15) is 41.6 Å². The number of methoxy groups -OCH3 is 1. The number of carbonyl (C=O) groups is 3. The Morgan fingerprint density at radius 1 is 1.16 bits per heavy atom. The van der Waals surface area contributed by atoms with Gasteiger partial charge in [-0.1, -0.05) is 23.7 Å². The number of amides is 2. The van der Waals surface area contributed by atoms with Gasteiger partial charge in [0.1, 0.15) is 18.1 Å². The fourth-order valence-corrected chi connectivity index (χ4v) is 4.49. The topological polar surface area (TPSA) is 181 Å². The summed E-state index contributed by atoms with van der Waals surface area (Å²) in [6.45, 7) is 3.50. The second kappa shape index (κ2) is 13.8. The van der Waals surface area contributed by atoms with E-state index in [2.05, 4.69) is 21.2 Å². The second-order valence-electron chi connectivity index (χ2n) is 9.12. The number of rotatable bonds is 12. The van der Waals surface area contributed by atoms with Gasteiger partial charge < -0.3 is 39.5 Å². The number of furan rings is 1. The first-order valence-electron chi connectivity index (χ1n) is 13.0. The Balaban J connectivity index is 1.39. The molecule has 14 heteroatoms. The number of nitrogens with zero attached hydrogens (tertiary/aromatic N) is 1. The van der Waals surface area contributed by atoms with Crippen molar-refractivity contribution in [3.8, 4) is 22.8 Å². The molecule has 226 valence electrons. The number of carboxylic acid groups (broad SMARTS) is 1. The van der Waals surface area contributed by atoms with Gasteiger partial charge in [-0.2, -0.15) is 5.10 Å². The molecule has 0 aliphatic carbocycles. The zero-order valence-electron chi connectivity index (χ0n) is 23.3. The van der Waals surface area contributed by atoms with E-state index in [1.807, 2.05) is 0 Å². The Labute approximate surface area is 251 Å². The summed E-state index contributed by atoms with van der Waals surface area (Å²) in [7, 11) is 1.26. The van der Waals surface area contributed by atoms with Crippen molar-refractivity contribution in [2.75, 3.05) is 20.3 Å². The number of esters is 1. The van der Waals surface area contributed by atoms with E-state index < -0.39 is 30.2 Å². The van der Waals surface area contributed by atoms with Crippen LogP contribution >= 0.6 is 11.6 Å². The van der Waals surface area contributed by atoms with Gasteiger partial charge in [-0.05, 0) is 55.8 Å². The number of hydrogen-bond donors (Lipinski definition) is 5. The fraction of sp³-hybridized carbons (Fsp3) is 0.241. The lowest BCUT2D eigenvalue weighted by molar-refractivity contribution is -0.136. The summed E-state index contributed by atoms with van der Waals surface area (Å²) in [6, 6.07) is 11.4. The minimum absolute atomic E-state index is 0.0151. The van der Waals surface area contributed by atoms with E-state index in [4.69, 9.17) is 35.3 Å². The van der Waals surface area contributed by atoms with Crippen molar-refractivity contribution in [3.63, 3.8) is 0 Å². The van der Waals surface area contributed by atoms with Gasteiger partial charge in [0.15, 0.2) is 17.7 Å². The van der Waals surface area contributed by atoms with Crippen molar-refractivity contribution in [2.45, 2.75) is 26.1 Å². The van der Waals surface area contributed by atoms with Gasteiger partial charge in [0, 0.05) is 11.3 Å². The first-order chi connectivity index (χ1) is 20.6. The molecule has 1 aliphatic heterocycles. The maximum absolute atomic E-state index is 12.4. The van der Waals surface area contributed by atoms with Crippen LogP contribution in [0.15, 0.2) is 69.3 Å². The number of benzene rings is 2. The standard InChI is InChI=1S/C29H29ClN4O9/c1-4-41-23-12-17(26-25(28(38)40-3)15(2)32-29(39)33-26)6-9-22(23)42-14-24(35)34-31-13-18-7-10-21(43-18)16-5-8-19(27(36)37)20(30)11-16/h5-13,24,26,34-35H,4,14H2,1-3H3,(H,36,37)(H2,32,33,39)/b31-13-/t24-,26+/m0/s1. The number of hydrogen-bond acceptors (Lipinski definition) is 10. The first kappa shape index (κ1) is 30.9. The maximum atomic E-state index is 12.4. The number of nitrogens with one attached hydrogen (secondary N) is 3. The fourth-order valence-electron chi connectivity index (χ4n) is 4.23. The van der Waals surface area contributed by atoms with Crippen molar-refractivity contribution in [2.24, 2.45) is 5.10 Å². The molecule has 2 atom stereocenters. The van der Waals surface area contributed by atoms with E-state index in [0.29, 0.717) is 46.5 Å². The SMILES string of the molecule is CCOc1cc([C@H]2NC(=O)NC(C)=C2C(=O)OC)ccc1OC[C@H](O)N/N=C\c1ccc(-c2ccc(C(=O)O)c(Cl)c2)o1. The molecule has 1 aliphatic rings. The monoisotopic (exact) mass is 612 g/mol. The third kappa shape index (κ3) is 7.45. The smallest absolute Gasteiger partial charge is 0.337 e. The summed E-state index contributed by atoms with van der Waals surface area (Å²) in [4.78, 5) is 35.7. The van der Waals surface area contributed by atoms with Gasteiger partial charge in [-0.15, -0.1) is 0 Å². The van der Waals surface area contributed by atoms with E-state index in [1.165, 1.54) is 25.5 Å². The summed E-state index contributed by atoms with van der Waals surface area (Å²) < 4.78 is 22.0. The number of allylic oxidation sites excluding steroid dienone is 1. The highest BCUT2D eigenvalue weighted by Gasteiger charge is 2.32. The van der Waals surface area contributed by atoms with Crippen molar-refractivity contribution < 1.29 is 43.2 Å². The van der Waals surface area contributed by atoms with Gasteiger partial charge in [0.2, 0.25) is 0 Å². The normalized spacial score (nSPS) is 15.5. The Kier molecular flexibility index (Phi) is 9.91. The lowest BCUT2D eigenvalue weighted by atomic mass is 9.95. The summed E-state index contributed by atoms with van der Waals surface area (Å²) in [5, 5.41) is 28.8. The van der Waals surface area contributed by atoms with E-state index >= 15 is 0 Å². The van der Waals surface area contributed by atoms with E-state index in [-0.39, 0.29) is 22.8 Å². The zero-order chi connectivity index (χ0) is 31.1. The van der Waals surface area contributed by atoms with Gasteiger partial charge in [0.25, 0.3) is 0 Å². The van der Waals surface area contributed by atoms with Crippen LogP contribution in [0.25, 0.3) is 11.3 Å². The molecule has 0 saturated heterocycles. The molecule has 2 heterocycles.